The Hall–Kier alpha value is -1.40. The highest BCUT2D eigenvalue weighted by Gasteiger charge is 2.36. The molecule has 1 aliphatic rings. The standard InChI is InChI=1S/C15H22N2O3S/c1-3-11-6-7-12(10-13(11)21(16,19)20)14(18)17-15(4-2)8-5-9-15/h6-7,10H,3-5,8-9H2,1-2H3,(H,17,18)(H2,16,19,20). The monoisotopic (exact) mass is 310 g/mol. The van der Waals surface area contributed by atoms with Crippen molar-refractivity contribution in [3.63, 3.8) is 0 Å². The van der Waals surface area contributed by atoms with Crippen molar-refractivity contribution < 1.29 is 13.2 Å². The van der Waals surface area contributed by atoms with E-state index in [1.807, 2.05) is 6.92 Å². The first-order valence-electron chi connectivity index (χ1n) is 7.29. The van der Waals surface area contributed by atoms with Crippen molar-refractivity contribution in [1.29, 1.82) is 0 Å². The van der Waals surface area contributed by atoms with E-state index in [0.717, 1.165) is 25.7 Å². The van der Waals surface area contributed by atoms with E-state index in [-0.39, 0.29) is 16.3 Å². The van der Waals surface area contributed by atoms with Crippen molar-refractivity contribution in [1.82, 2.24) is 5.32 Å². The maximum atomic E-state index is 12.3. The number of carbonyl (C=O) groups is 1. The second-order valence-electron chi connectivity index (χ2n) is 5.66. The number of primary sulfonamides is 1. The molecule has 21 heavy (non-hydrogen) atoms. The van der Waals surface area contributed by atoms with E-state index in [2.05, 4.69) is 12.2 Å². The summed E-state index contributed by atoms with van der Waals surface area (Å²) in [4.78, 5) is 12.4. The summed E-state index contributed by atoms with van der Waals surface area (Å²) in [6.07, 6.45) is 4.50. The molecule has 0 saturated heterocycles. The quantitative estimate of drug-likeness (QED) is 0.871. The van der Waals surface area contributed by atoms with Crippen LogP contribution >= 0.6 is 0 Å². The number of hydrogen-bond acceptors (Lipinski definition) is 3. The molecule has 2 rings (SSSR count). The third kappa shape index (κ3) is 3.27. The number of amides is 1. The number of sulfonamides is 1. The Morgan fingerprint density at radius 2 is 2.00 bits per heavy atom. The Bertz CT molecular complexity index is 643. The minimum absolute atomic E-state index is 0.0387. The number of benzene rings is 1. The zero-order chi connectivity index (χ0) is 15.7. The van der Waals surface area contributed by atoms with E-state index in [9.17, 15) is 13.2 Å². The normalized spacial score (nSPS) is 17.1. The molecule has 0 spiro atoms. The van der Waals surface area contributed by atoms with Crippen LogP contribution in [0.3, 0.4) is 0 Å². The molecule has 0 bridgehead atoms. The van der Waals surface area contributed by atoms with Crippen LogP contribution in [0.2, 0.25) is 0 Å². The lowest BCUT2D eigenvalue weighted by Crippen LogP contribution is -2.53. The highest BCUT2D eigenvalue weighted by Crippen LogP contribution is 2.35. The molecule has 1 amide bonds. The van der Waals surface area contributed by atoms with Crippen LogP contribution in [-0.2, 0) is 16.4 Å². The summed E-state index contributed by atoms with van der Waals surface area (Å²) in [5.74, 6) is -0.232. The van der Waals surface area contributed by atoms with Gasteiger partial charge in [-0.25, -0.2) is 13.6 Å². The zero-order valence-electron chi connectivity index (χ0n) is 12.5. The lowest BCUT2D eigenvalue weighted by atomic mass is 9.74. The van der Waals surface area contributed by atoms with Crippen LogP contribution in [0.5, 0.6) is 0 Å². The van der Waals surface area contributed by atoms with E-state index < -0.39 is 10.0 Å². The number of rotatable bonds is 5. The molecule has 1 fully saturated rings. The van der Waals surface area contributed by atoms with Gasteiger partial charge in [0.2, 0.25) is 10.0 Å². The van der Waals surface area contributed by atoms with E-state index >= 15 is 0 Å². The second kappa shape index (κ2) is 5.77. The maximum absolute atomic E-state index is 12.3. The molecule has 0 aliphatic heterocycles. The van der Waals surface area contributed by atoms with Crippen molar-refractivity contribution in [2.45, 2.75) is 56.4 Å². The van der Waals surface area contributed by atoms with Crippen LogP contribution in [0.4, 0.5) is 0 Å². The summed E-state index contributed by atoms with van der Waals surface area (Å²) >= 11 is 0. The number of nitrogens with two attached hydrogens (primary N) is 1. The van der Waals surface area contributed by atoms with Crippen molar-refractivity contribution in [2.24, 2.45) is 5.14 Å². The SMILES string of the molecule is CCc1ccc(C(=O)NC2(CC)CCC2)cc1S(N)(=O)=O. The van der Waals surface area contributed by atoms with E-state index in [1.165, 1.54) is 6.07 Å². The first kappa shape index (κ1) is 16.0. The van der Waals surface area contributed by atoms with Crippen LogP contribution in [-0.4, -0.2) is 19.9 Å². The molecule has 6 heteroatoms. The van der Waals surface area contributed by atoms with E-state index in [0.29, 0.717) is 17.5 Å². The highest BCUT2D eigenvalue weighted by molar-refractivity contribution is 7.89. The lowest BCUT2D eigenvalue weighted by molar-refractivity contribution is 0.0820. The van der Waals surface area contributed by atoms with Gasteiger partial charge in [-0.3, -0.25) is 4.79 Å². The summed E-state index contributed by atoms with van der Waals surface area (Å²) in [5, 5.41) is 8.27. The molecule has 1 aliphatic carbocycles. The minimum Gasteiger partial charge on any atom is -0.347 e. The fraction of sp³-hybridized carbons (Fsp3) is 0.533. The van der Waals surface area contributed by atoms with E-state index in [1.54, 1.807) is 12.1 Å². The van der Waals surface area contributed by atoms with Gasteiger partial charge in [0.15, 0.2) is 0 Å². The average Bonchev–Trinajstić information content (AvgIpc) is 2.41. The Kier molecular flexibility index (Phi) is 4.39. The Labute approximate surface area is 126 Å². The predicted molar refractivity (Wildman–Crippen MR) is 81.5 cm³/mol. The van der Waals surface area contributed by atoms with Gasteiger partial charge in [0.05, 0.1) is 4.90 Å². The van der Waals surface area contributed by atoms with Crippen molar-refractivity contribution in [3.8, 4) is 0 Å². The average molecular weight is 310 g/mol. The fourth-order valence-corrected chi connectivity index (χ4v) is 3.61. The zero-order valence-corrected chi connectivity index (χ0v) is 13.3. The van der Waals surface area contributed by atoms with Crippen LogP contribution < -0.4 is 10.5 Å². The smallest absolute Gasteiger partial charge is 0.251 e. The second-order valence-corrected chi connectivity index (χ2v) is 7.19. The fourth-order valence-electron chi connectivity index (χ4n) is 2.74. The first-order valence-corrected chi connectivity index (χ1v) is 8.84. The van der Waals surface area contributed by atoms with Gasteiger partial charge in [0.25, 0.3) is 5.91 Å². The molecule has 3 N–H and O–H groups in total. The molecule has 1 aromatic rings. The van der Waals surface area contributed by atoms with Crippen LogP contribution in [0.1, 0.15) is 55.5 Å². The van der Waals surface area contributed by atoms with Gasteiger partial charge in [0.1, 0.15) is 0 Å². The summed E-state index contributed by atoms with van der Waals surface area (Å²) in [5.41, 5.74) is 0.848. The van der Waals surface area contributed by atoms with Crippen molar-refractivity contribution >= 4 is 15.9 Å². The van der Waals surface area contributed by atoms with Gasteiger partial charge in [-0.15, -0.1) is 0 Å². The molecule has 5 nitrogen and oxygen atoms in total. The summed E-state index contributed by atoms with van der Waals surface area (Å²) in [6, 6.07) is 4.70. The topological polar surface area (TPSA) is 89.3 Å². The van der Waals surface area contributed by atoms with Gasteiger partial charge < -0.3 is 5.32 Å². The number of nitrogens with one attached hydrogen (secondary N) is 1. The third-order valence-electron chi connectivity index (χ3n) is 4.38. The Morgan fingerprint density at radius 1 is 1.33 bits per heavy atom. The molecular weight excluding hydrogens is 288 g/mol. The highest BCUT2D eigenvalue weighted by atomic mass is 32.2. The molecule has 0 atom stereocenters. The van der Waals surface area contributed by atoms with Gasteiger partial charge in [-0.1, -0.05) is 19.9 Å². The first-order chi connectivity index (χ1) is 9.81. The molecular formula is C15H22N2O3S. The molecule has 1 aromatic carbocycles. The van der Waals surface area contributed by atoms with Gasteiger partial charge in [0, 0.05) is 11.1 Å². The lowest BCUT2D eigenvalue weighted by Gasteiger charge is -2.42. The minimum atomic E-state index is -3.82. The molecule has 1 saturated carbocycles. The van der Waals surface area contributed by atoms with Crippen molar-refractivity contribution in [3.05, 3.63) is 29.3 Å². The largest absolute Gasteiger partial charge is 0.347 e. The van der Waals surface area contributed by atoms with Crippen LogP contribution in [0.15, 0.2) is 23.1 Å². The molecule has 0 unspecified atom stereocenters. The van der Waals surface area contributed by atoms with Crippen LogP contribution in [0.25, 0.3) is 0 Å². The van der Waals surface area contributed by atoms with E-state index in [4.69, 9.17) is 5.14 Å². The van der Waals surface area contributed by atoms with Gasteiger partial charge >= 0.3 is 0 Å². The molecule has 0 heterocycles. The Balaban J connectivity index is 2.30. The molecule has 0 radical (unpaired) electrons. The number of aryl methyl sites for hydroxylation is 1. The summed E-state index contributed by atoms with van der Waals surface area (Å²) in [6.45, 7) is 3.90. The maximum Gasteiger partial charge on any atom is 0.251 e. The van der Waals surface area contributed by atoms with Crippen molar-refractivity contribution in [2.75, 3.05) is 0 Å². The summed E-state index contributed by atoms with van der Waals surface area (Å²) in [7, 11) is -3.82. The van der Waals surface area contributed by atoms with Gasteiger partial charge in [-0.05, 0) is 49.8 Å². The predicted octanol–water partition coefficient (Wildman–Crippen LogP) is 1.96. The molecule has 116 valence electrons. The third-order valence-corrected chi connectivity index (χ3v) is 5.38. The number of carbonyl (C=O) groups excluding carboxylic acids is 1. The van der Waals surface area contributed by atoms with Crippen LogP contribution in [0, 0.1) is 0 Å². The molecule has 0 aromatic heterocycles. The summed E-state index contributed by atoms with van der Waals surface area (Å²) < 4.78 is 23.3. The Morgan fingerprint density at radius 3 is 2.43 bits per heavy atom. The van der Waals surface area contributed by atoms with Gasteiger partial charge in [-0.2, -0.15) is 0 Å². The number of hydrogen-bond donors (Lipinski definition) is 2.